The van der Waals surface area contributed by atoms with Crippen LogP contribution in [0.25, 0.3) is 0 Å². The monoisotopic (exact) mass is 435 g/mol. The van der Waals surface area contributed by atoms with Crippen molar-refractivity contribution in [1.29, 1.82) is 5.26 Å². The third-order valence-corrected chi connectivity index (χ3v) is 8.45. The molecule has 0 aromatic carbocycles. The first-order valence-electron chi connectivity index (χ1n) is 11.8. The topological polar surface area (TPSA) is 82.4 Å². The smallest absolute Gasteiger partial charge is 0.309 e. The van der Waals surface area contributed by atoms with Gasteiger partial charge in [0.2, 0.25) is 5.91 Å². The second-order valence-electron chi connectivity index (χ2n) is 9.85. The van der Waals surface area contributed by atoms with Crippen molar-refractivity contribution in [3.8, 4) is 6.07 Å². The van der Waals surface area contributed by atoms with E-state index >= 15 is 0 Å². The summed E-state index contributed by atoms with van der Waals surface area (Å²) in [6, 6.07) is 2.38. The molecular weight excluding hydrogens is 402 g/mol. The summed E-state index contributed by atoms with van der Waals surface area (Å²) >= 11 is 6.21. The minimum absolute atomic E-state index is 0.0256. The van der Waals surface area contributed by atoms with Crippen molar-refractivity contribution < 1.29 is 14.3 Å². The Hall–Kier alpha value is -1.32. The van der Waals surface area contributed by atoms with Crippen LogP contribution in [-0.2, 0) is 14.3 Å². The predicted octanol–water partition coefficient (Wildman–Crippen LogP) is 3.09. The van der Waals surface area contributed by atoms with E-state index in [0.717, 1.165) is 64.6 Å². The maximum Gasteiger partial charge on any atom is 0.309 e. The van der Waals surface area contributed by atoms with Gasteiger partial charge in [0, 0.05) is 23.3 Å². The number of carbonyl (C=O) groups is 2. The van der Waals surface area contributed by atoms with E-state index in [0.29, 0.717) is 24.9 Å². The van der Waals surface area contributed by atoms with Gasteiger partial charge in [-0.2, -0.15) is 5.26 Å². The lowest BCUT2D eigenvalue weighted by Gasteiger charge is -2.35. The second kappa shape index (κ2) is 9.87. The Morgan fingerprint density at radius 2 is 1.97 bits per heavy atom. The number of fused-ring (bicyclic) bond motifs is 1. The molecule has 7 heteroatoms. The molecule has 4 rings (SSSR count). The fourth-order valence-electron chi connectivity index (χ4n) is 5.92. The van der Waals surface area contributed by atoms with E-state index in [-0.39, 0.29) is 41.0 Å². The summed E-state index contributed by atoms with van der Waals surface area (Å²) in [7, 11) is 0. The number of cyclic esters (lactones) is 1. The molecular formula is C23H34ClN3O3. The van der Waals surface area contributed by atoms with Gasteiger partial charge in [-0.1, -0.05) is 0 Å². The first kappa shape index (κ1) is 21.9. The molecule has 0 aromatic rings. The van der Waals surface area contributed by atoms with Crippen LogP contribution in [0.5, 0.6) is 0 Å². The number of rotatable bonds is 5. The van der Waals surface area contributed by atoms with Gasteiger partial charge in [-0.05, 0) is 83.3 Å². The number of esters is 1. The van der Waals surface area contributed by atoms with Gasteiger partial charge in [-0.3, -0.25) is 9.59 Å². The van der Waals surface area contributed by atoms with E-state index in [1.54, 1.807) is 0 Å². The molecule has 4 aliphatic rings. The molecule has 0 radical (unpaired) electrons. The molecule has 2 aliphatic heterocycles. The largest absolute Gasteiger partial charge is 0.465 e. The lowest BCUT2D eigenvalue weighted by Crippen LogP contribution is -2.46. The number of nitriles is 1. The van der Waals surface area contributed by atoms with E-state index in [1.807, 2.05) is 0 Å². The maximum absolute atomic E-state index is 12.7. The molecule has 0 aromatic heterocycles. The number of nitrogens with zero attached hydrogens (tertiary/aromatic N) is 2. The third kappa shape index (κ3) is 5.11. The van der Waals surface area contributed by atoms with E-state index in [1.165, 1.54) is 6.42 Å². The maximum atomic E-state index is 12.7. The van der Waals surface area contributed by atoms with Crippen molar-refractivity contribution in [3.63, 3.8) is 0 Å². The van der Waals surface area contributed by atoms with E-state index in [9.17, 15) is 14.9 Å². The molecule has 30 heavy (non-hydrogen) atoms. The number of likely N-dealkylation sites (tertiary alicyclic amines) is 1. The first-order valence-corrected chi connectivity index (χ1v) is 12.2. The first-order chi connectivity index (χ1) is 14.5. The van der Waals surface area contributed by atoms with Gasteiger partial charge in [0.05, 0.1) is 24.5 Å². The number of halogens is 1. The average molecular weight is 436 g/mol. The lowest BCUT2D eigenvalue weighted by atomic mass is 9.74. The van der Waals surface area contributed by atoms with Gasteiger partial charge in [0.15, 0.2) is 0 Å². The molecule has 4 fully saturated rings. The Kier molecular flexibility index (Phi) is 7.20. The van der Waals surface area contributed by atoms with Gasteiger partial charge in [0.25, 0.3) is 0 Å². The van der Waals surface area contributed by atoms with Crippen LogP contribution in [0.4, 0.5) is 0 Å². The summed E-state index contributed by atoms with van der Waals surface area (Å²) in [6.07, 6.45) is 8.62. The highest BCUT2D eigenvalue weighted by Gasteiger charge is 2.41. The Labute approximate surface area is 184 Å². The molecule has 2 heterocycles. The second-order valence-corrected chi connectivity index (χ2v) is 10.4. The van der Waals surface area contributed by atoms with Gasteiger partial charge in [-0.25, -0.2) is 0 Å². The SMILES string of the molecule is N#CC1CC(NC(=O)C2CCN(CCC3CCC4C(=O)OCC4C3)CC2)CCC1Cl. The van der Waals surface area contributed by atoms with Gasteiger partial charge < -0.3 is 15.0 Å². The lowest BCUT2D eigenvalue weighted by molar-refractivity contribution is -0.141. The fourth-order valence-corrected chi connectivity index (χ4v) is 6.20. The molecule has 1 N–H and O–H groups in total. The Balaban J connectivity index is 1.14. The van der Waals surface area contributed by atoms with Gasteiger partial charge in [-0.15, -0.1) is 11.6 Å². The number of amides is 1. The standard InChI is InChI=1S/C23H34ClN3O3/c24-21-4-2-19(12-17(21)13-25)26-22(28)16-6-9-27(10-7-16)8-5-15-1-3-20-18(11-15)14-30-23(20)29/h15-21H,1-12,14H2,(H,26,28). The summed E-state index contributed by atoms with van der Waals surface area (Å²) in [6.45, 7) is 3.68. The van der Waals surface area contributed by atoms with Crippen molar-refractivity contribution in [2.45, 2.75) is 69.2 Å². The molecule has 2 saturated heterocycles. The molecule has 2 aliphatic carbocycles. The summed E-state index contributed by atoms with van der Waals surface area (Å²) in [5.41, 5.74) is 0. The summed E-state index contributed by atoms with van der Waals surface area (Å²) in [5.74, 6) is 1.43. The van der Waals surface area contributed by atoms with Gasteiger partial charge >= 0.3 is 5.97 Å². The zero-order chi connectivity index (χ0) is 21.1. The zero-order valence-corrected chi connectivity index (χ0v) is 18.5. The van der Waals surface area contributed by atoms with Crippen LogP contribution in [0.1, 0.15) is 57.8 Å². The predicted molar refractivity (Wildman–Crippen MR) is 114 cm³/mol. The molecule has 6 atom stereocenters. The van der Waals surface area contributed by atoms with Crippen LogP contribution in [0.3, 0.4) is 0 Å². The van der Waals surface area contributed by atoms with Crippen LogP contribution in [-0.4, -0.2) is 54.4 Å². The van der Waals surface area contributed by atoms with Crippen molar-refractivity contribution in [2.24, 2.45) is 29.6 Å². The average Bonchev–Trinajstić information content (AvgIpc) is 3.14. The van der Waals surface area contributed by atoms with Crippen LogP contribution < -0.4 is 5.32 Å². The number of alkyl halides is 1. The molecule has 1 amide bonds. The van der Waals surface area contributed by atoms with E-state index < -0.39 is 0 Å². The fraction of sp³-hybridized carbons (Fsp3) is 0.870. The number of ether oxygens (including phenoxy) is 1. The van der Waals surface area contributed by atoms with Crippen molar-refractivity contribution in [1.82, 2.24) is 10.2 Å². The van der Waals surface area contributed by atoms with Crippen LogP contribution in [0, 0.1) is 40.9 Å². The Morgan fingerprint density at radius 1 is 1.17 bits per heavy atom. The minimum atomic E-state index is -0.156. The van der Waals surface area contributed by atoms with E-state index in [2.05, 4.69) is 16.3 Å². The van der Waals surface area contributed by atoms with Crippen LogP contribution in [0.15, 0.2) is 0 Å². The van der Waals surface area contributed by atoms with Crippen molar-refractivity contribution in [3.05, 3.63) is 0 Å². The number of nitrogens with one attached hydrogen (secondary N) is 1. The number of carbonyl (C=O) groups excluding carboxylic acids is 2. The Bertz CT molecular complexity index is 673. The number of hydrogen-bond donors (Lipinski definition) is 1. The molecule has 166 valence electrons. The molecule has 0 bridgehead atoms. The zero-order valence-electron chi connectivity index (χ0n) is 17.7. The van der Waals surface area contributed by atoms with Crippen LogP contribution in [0.2, 0.25) is 0 Å². The summed E-state index contributed by atoms with van der Waals surface area (Å²) < 4.78 is 5.24. The highest BCUT2D eigenvalue weighted by Crippen LogP contribution is 2.40. The summed E-state index contributed by atoms with van der Waals surface area (Å²) in [5, 5.41) is 12.3. The third-order valence-electron chi connectivity index (χ3n) is 7.92. The molecule has 0 spiro atoms. The quantitative estimate of drug-likeness (QED) is 0.530. The number of hydrogen-bond acceptors (Lipinski definition) is 5. The molecule has 6 unspecified atom stereocenters. The highest BCUT2D eigenvalue weighted by molar-refractivity contribution is 6.21. The Morgan fingerprint density at radius 3 is 2.73 bits per heavy atom. The highest BCUT2D eigenvalue weighted by atomic mass is 35.5. The minimum Gasteiger partial charge on any atom is -0.465 e. The van der Waals surface area contributed by atoms with Crippen LogP contribution >= 0.6 is 11.6 Å². The van der Waals surface area contributed by atoms with E-state index in [4.69, 9.17) is 16.3 Å². The van der Waals surface area contributed by atoms with Crippen molar-refractivity contribution >= 4 is 23.5 Å². The molecule has 6 nitrogen and oxygen atoms in total. The van der Waals surface area contributed by atoms with Gasteiger partial charge in [0.1, 0.15) is 0 Å². The molecule has 2 saturated carbocycles. The number of piperidine rings is 1. The summed E-state index contributed by atoms with van der Waals surface area (Å²) in [4.78, 5) is 26.9. The normalized spacial score (nSPS) is 37.8. The van der Waals surface area contributed by atoms with Crippen molar-refractivity contribution in [2.75, 3.05) is 26.2 Å².